The van der Waals surface area contributed by atoms with Crippen molar-refractivity contribution in [3.8, 4) is 0 Å². The maximum Gasteiger partial charge on any atom is 0.237 e. The Morgan fingerprint density at radius 1 is 0.788 bits per heavy atom. The monoisotopic (exact) mass is 458 g/mol. The molecule has 2 heterocycles. The van der Waals surface area contributed by atoms with Crippen LogP contribution >= 0.6 is 0 Å². The van der Waals surface area contributed by atoms with Gasteiger partial charge in [-0.3, -0.25) is 19.4 Å². The first-order valence-corrected chi connectivity index (χ1v) is 12.8. The number of halogens is 1. The van der Waals surface area contributed by atoms with Crippen LogP contribution in [0.5, 0.6) is 0 Å². The molecule has 1 saturated carbocycles. The van der Waals surface area contributed by atoms with Gasteiger partial charge in [-0.05, 0) is 62.9 Å². The third-order valence-corrected chi connectivity index (χ3v) is 7.46. The fourth-order valence-corrected chi connectivity index (χ4v) is 5.48. The number of hydrogen-bond acceptors (Lipinski definition) is 4. The Morgan fingerprint density at radius 2 is 1.42 bits per heavy atom. The van der Waals surface area contributed by atoms with Crippen molar-refractivity contribution in [1.29, 1.82) is 0 Å². The molecule has 6 nitrogen and oxygen atoms in total. The maximum absolute atomic E-state index is 13.5. The van der Waals surface area contributed by atoms with Gasteiger partial charge in [-0.15, -0.1) is 0 Å². The molecule has 1 aromatic rings. The second-order valence-corrected chi connectivity index (χ2v) is 9.93. The normalized spacial score (nSPS) is 21.2. The smallest absolute Gasteiger partial charge is 0.237 e. The molecule has 1 aliphatic carbocycles. The van der Waals surface area contributed by atoms with Gasteiger partial charge in [0.05, 0.1) is 13.1 Å². The third-order valence-electron chi connectivity index (χ3n) is 7.46. The lowest BCUT2D eigenvalue weighted by molar-refractivity contribution is -0.136. The van der Waals surface area contributed by atoms with Crippen LogP contribution in [0.15, 0.2) is 24.3 Å². The standard InChI is InChI=1S/C26H39FN4O2/c27-23-11-9-22(10-12-23)19-31(24-7-2-1-3-8-24)26(33)21-29-14-6-13-28(17-18-29)20-25(32)30-15-4-5-16-30/h9-12,24H,1-8,13-21H2. The van der Waals surface area contributed by atoms with E-state index in [1.165, 1.54) is 31.4 Å². The first kappa shape index (κ1) is 24.1. The Kier molecular flexibility index (Phi) is 8.73. The lowest BCUT2D eigenvalue weighted by Gasteiger charge is -2.36. The highest BCUT2D eigenvalue weighted by molar-refractivity contribution is 5.79. The van der Waals surface area contributed by atoms with E-state index in [1.54, 1.807) is 12.1 Å². The van der Waals surface area contributed by atoms with Crippen molar-refractivity contribution >= 4 is 11.8 Å². The van der Waals surface area contributed by atoms with E-state index in [9.17, 15) is 14.0 Å². The molecule has 2 aliphatic heterocycles. The van der Waals surface area contributed by atoms with Crippen molar-refractivity contribution in [2.45, 2.75) is 64.0 Å². The molecular weight excluding hydrogens is 419 g/mol. The number of hydrogen-bond donors (Lipinski definition) is 0. The number of benzene rings is 1. The minimum absolute atomic E-state index is 0.174. The highest BCUT2D eigenvalue weighted by atomic mass is 19.1. The summed E-state index contributed by atoms with van der Waals surface area (Å²) < 4.78 is 13.4. The summed E-state index contributed by atoms with van der Waals surface area (Å²) >= 11 is 0. The minimum Gasteiger partial charge on any atom is -0.342 e. The van der Waals surface area contributed by atoms with Crippen molar-refractivity contribution in [3.63, 3.8) is 0 Å². The van der Waals surface area contributed by atoms with Gasteiger partial charge in [0, 0.05) is 38.8 Å². The van der Waals surface area contributed by atoms with E-state index in [2.05, 4.69) is 9.80 Å². The van der Waals surface area contributed by atoms with Gasteiger partial charge >= 0.3 is 0 Å². The topological polar surface area (TPSA) is 47.1 Å². The Bertz CT molecular complexity index is 775. The van der Waals surface area contributed by atoms with Crippen molar-refractivity contribution < 1.29 is 14.0 Å². The van der Waals surface area contributed by atoms with Gasteiger partial charge < -0.3 is 9.80 Å². The van der Waals surface area contributed by atoms with Crippen LogP contribution in [0.1, 0.15) is 56.9 Å². The zero-order valence-electron chi connectivity index (χ0n) is 19.9. The lowest BCUT2D eigenvalue weighted by Crippen LogP contribution is -2.46. The molecule has 33 heavy (non-hydrogen) atoms. The Balaban J connectivity index is 1.32. The first-order valence-electron chi connectivity index (χ1n) is 12.8. The molecular formula is C26H39FN4O2. The minimum atomic E-state index is -0.244. The molecule has 0 N–H and O–H groups in total. The number of carbonyl (C=O) groups excluding carboxylic acids is 2. The predicted octanol–water partition coefficient (Wildman–Crippen LogP) is 3.12. The van der Waals surface area contributed by atoms with E-state index in [-0.39, 0.29) is 23.7 Å². The Hall–Kier alpha value is -1.99. The van der Waals surface area contributed by atoms with E-state index in [1.807, 2.05) is 9.80 Å². The molecule has 2 saturated heterocycles. The van der Waals surface area contributed by atoms with Crippen LogP contribution in [0.4, 0.5) is 4.39 Å². The number of amides is 2. The van der Waals surface area contributed by atoms with Gasteiger partial charge in [-0.25, -0.2) is 4.39 Å². The van der Waals surface area contributed by atoms with Gasteiger partial charge in [0.1, 0.15) is 5.82 Å². The molecule has 7 heteroatoms. The van der Waals surface area contributed by atoms with Crippen molar-refractivity contribution in [1.82, 2.24) is 19.6 Å². The first-order chi connectivity index (χ1) is 16.1. The number of carbonyl (C=O) groups is 2. The van der Waals surface area contributed by atoms with Crippen LogP contribution in [0.3, 0.4) is 0 Å². The number of nitrogens with zero attached hydrogens (tertiary/aromatic N) is 4. The summed E-state index contributed by atoms with van der Waals surface area (Å²) in [5, 5.41) is 0. The maximum atomic E-state index is 13.5. The summed E-state index contributed by atoms with van der Waals surface area (Å²) in [4.78, 5) is 34.5. The van der Waals surface area contributed by atoms with Crippen LogP contribution in [-0.4, -0.2) is 89.8 Å². The van der Waals surface area contributed by atoms with E-state index >= 15 is 0 Å². The highest BCUT2D eigenvalue weighted by Crippen LogP contribution is 2.25. The summed E-state index contributed by atoms with van der Waals surface area (Å²) in [6, 6.07) is 6.81. The number of likely N-dealkylation sites (tertiary alicyclic amines) is 1. The van der Waals surface area contributed by atoms with Gasteiger partial charge in [0.2, 0.25) is 11.8 Å². The van der Waals surface area contributed by atoms with Gasteiger partial charge in [-0.1, -0.05) is 31.4 Å². The van der Waals surface area contributed by atoms with Crippen LogP contribution in [0, 0.1) is 5.82 Å². The van der Waals surface area contributed by atoms with Crippen LogP contribution in [-0.2, 0) is 16.1 Å². The van der Waals surface area contributed by atoms with E-state index in [0.717, 1.165) is 76.9 Å². The average Bonchev–Trinajstić information content (AvgIpc) is 3.29. The Morgan fingerprint density at radius 3 is 2.09 bits per heavy atom. The van der Waals surface area contributed by atoms with Crippen molar-refractivity contribution in [3.05, 3.63) is 35.6 Å². The molecule has 1 aromatic carbocycles. The molecule has 0 radical (unpaired) electrons. The van der Waals surface area contributed by atoms with Gasteiger partial charge in [-0.2, -0.15) is 0 Å². The molecule has 3 aliphatic rings. The van der Waals surface area contributed by atoms with E-state index in [4.69, 9.17) is 0 Å². The average molecular weight is 459 g/mol. The zero-order valence-corrected chi connectivity index (χ0v) is 19.9. The van der Waals surface area contributed by atoms with Crippen LogP contribution < -0.4 is 0 Å². The fraction of sp³-hybridized carbons (Fsp3) is 0.692. The van der Waals surface area contributed by atoms with Gasteiger partial charge in [0.25, 0.3) is 0 Å². The SMILES string of the molecule is O=C(CN1CCCN(CC(=O)N(Cc2ccc(F)cc2)C2CCCCC2)CC1)N1CCCC1. The molecule has 4 rings (SSSR count). The third kappa shape index (κ3) is 7.00. The number of rotatable bonds is 7. The van der Waals surface area contributed by atoms with Crippen molar-refractivity contribution in [2.75, 3.05) is 52.4 Å². The quantitative estimate of drug-likeness (QED) is 0.630. The second-order valence-electron chi connectivity index (χ2n) is 9.93. The van der Waals surface area contributed by atoms with Gasteiger partial charge in [0.15, 0.2) is 0 Å². The molecule has 0 aromatic heterocycles. The van der Waals surface area contributed by atoms with Crippen LogP contribution in [0.25, 0.3) is 0 Å². The van der Waals surface area contributed by atoms with E-state index in [0.29, 0.717) is 19.6 Å². The van der Waals surface area contributed by atoms with E-state index < -0.39 is 0 Å². The molecule has 2 amide bonds. The fourth-order valence-electron chi connectivity index (χ4n) is 5.48. The molecule has 0 bridgehead atoms. The summed E-state index contributed by atoms with van der Waals surface area (Å²) in [5.41, 5.74) is 0.984. The molecule has 182 valence electrons. The summed E-state index contributed by atoms with van der Waals surface area (Å²) in [6.07, 6.45) is 8.91. The molecule has 0 spiro atoms. The lowest BCUT2D eigenvalue weighted by atomic mass is 9.93. The Labute approximate surface area is 197 Å². The molecule has 0 atom stereocenters. The molecule has 0 unspecified atom stereocenters. The summed E-state index contributed by atoms with van der Waals surface area (Å²) in [7, 11) is 0. The summed E-state index contributed by atoms with van der Waals surface area (Å²) in [5.74, 6) is 0.180. The van der Waals surface area contributed by atoms with Crippen LogP contribution in [0.2, 0.25) is 0 Å². The zero-order chi connectivity index (χ0) is 23.0. The predicted molar refractivity (Wildman–Crippen MR) is 127 cm³/mol. The highest BCUT2D eigenvalue weighted by Gasteiger charge is 2.28. The summed E-state index contributed by atoms with van der Waals surface area (Å²) in [6.45, 7) is 6.71. The largest absolute Gasteiger partial charge is 0.342 e. The van der Waals surface area contributed by atoms with Crippen molar-refractivity contribution in [2.24, 2.45) is 0 Å². The second kappa shape index (κ2) is 11.9. The molecule has 3 fully saturated rings.